The van der Waals surface area contributed by atoms with Crippen LogP contribution in [0.1, 0.15) is 48.0 Å². The zero-order valence-corrected chi connectivity index (χ0v) is 17.6. The van der Waals surface area contributed by atoms with Crippen LogP contribution in [-0.4, -0.2) is 21.5 Å². The molecule has 0 radical (unpaired) electrons. The Kier molecular flexibility index (Phi) is 5.08. The van der Waals surface area contributed by atoms with Crippen LogP contribution in [0.3, 0.4) is 0 Å². The highest BCUT2D eigenvalue weighted by Crippen LogP contribution is 2.44. The van der Waals surface area contributed by atoms with Crippen molar-refractivity contribution in [2.24, 2.45) is 11.3 Å². The summed E-state index contributed by atoms with van der Waals surface area (Å²) in [5.74, 6) is 1.26. The smallest absolute Gasteiger partial charge is 0.173 e. The first-order valence-electron chi connectivity index (χ1n) is 9.40. The Bertz CT molecular complexity index is 973. The molecule has 3 nitrogen and oxygen atoms in total. The second-order valence-corrected chi connectivity index (χ2v) is 10.3. The van der Waals surface area contributed by atoms with Crippen molar-refractivity contribution < 1.29 is 4.79 Å². The number of aromatic nitrogens is 2. The number of rotatable bonds is 4. The average Bonchev–Trinajstić information content (AvgIpc) is 3.04. The van der Waals surface area contributed by atoms with Crippen LogP contribution in [-0.2, 0) is 12.8 Å². The number of thiophene rings is 1. The van der Waals surface area contributed by atoms with Gasteiger partial charge in [-0.1, -0.05) is 62.9 Å². The third-order valence-electron chi connectivity index (χ3n) is 5.47. The largest absolute Gasteiger partial charge is 0.293 e. The van der Waals surface area contributed by atoms with Gasteiger partial charge in [0, 0.05) is 15.8 Å². The lowest BCUT2D eigenvalue weighted by Crippen LogP contribution is -2.26. The summed E-state index contributed by atoms with van der Waals surface area (Å²) in [4.78, 5) is 24.1. The third kappa shape index (κ3) is 3.81. The summed E-state index contributed by atoms with van der Waals surface area (Å²) in [5.41, 5.74) is 2.51. The number of aryl methyl sites for hydroxylation is 1. The van der Waals surface area contributed by atoms with Crippen LogP contribution in [0.15, 0.2) is 41.7 Å². The van der Waals surface area contributed by atoms with Crippen LogP contribution >= 0.6 is 23.1 Å². The fraction of sp³-hybridized carbons (Fsp3) is 0.409. The topological polar surface area (TPSA) is 42.9 Å². The number of thioether (sulfide) groups is 1. The van der Waals surface area contributed by atoms with E-state index in [1.807, 2.05) is 41.7 Å². The molecule has 0 saturated heterocycles. The molecule has 2 aromatic heterocycles. The number of Topliss-reactive ketones (excluding diaryl/α,β-unsaturated/α-hetero) is 1. The Morgan fingerprint density at radius 3 is 2.74 bits per heavy atom. The lowest BCUT2D eigenvalue weighted by Gasteiger charge is -2.33. The van der Waals surface area contributed by atoms with Crippen LogP contribution in [0.25, 0.3) is 10.2 Å². The fourth-order valence-electron chi connectivity index (χ4n) is 3.77. The number of ketones is 1. The predicted octanol–water partition coefficient (Wildman–Crippen LogP) is 5.82. The molecule has 1 aliphatic carbocycles. The number of carbonyl (C=O) groups excluding carboxylic acids is 1. The van der Waals surface area contributed by atoms with Gasteiger partial charge in [0.1, 0.15) is 16.2 Å². The molecular formula is C22H24N2OS2. The summed E-state index contributed by atoms with van der Waals surface area (Å²) in [6.07, 6.45) is 5.07. The van der Waals surface area contributed by atoms with E-state index in [0.29, 0.717) is 17.1 Å². The van der Waals surface area contributed by atoms with Gasteiger partial charge in [-0.15, -0.1) is 11.3 Å². The maximum Gasteiger partial charge on any atom is 0.173 e. The molecule has 0 bridgehead atoms. The van der Waals surface area contributed by atoms with Crippen molar-refractivity contribution in [3.05, 3.63) is 52.7 Å². The highest BCUT2D eigenvalue weighted by atomic mass is 32.2. The van der Waals surface area contributed by atoms with Crippen LogP contribution in [0.5, 0.6) is 0 Å². The van der Waals surface area contributed by atoms with Gasteiger partial charge in [0.25, 0.3) is 0 Å². The monoisotopic (exact) mass is 396 g/mol. The maximum atomic E-state index is 12.5. The van der Waals surface area contributed by atoms with Gasteiger partial charge < -0.3 is 0 Å². The molecule has 0 fully saturated rings. The average molecular weight is 397 g/mol. The van der Waals surface area contributed by atoms with Crippen molar-refractivity contribution in [3.8, 4) is 0 Å². The molecule has 1 aliphatic rings. The number of benzene rings is 1. The van der Waals surface area contributed by atoms with Crippen molar-refractivity contribution in [1.29, 1.82) is 0 Å². The zero-order chi connectivity index (χ0) is 19.0. The highest BCUT2D eigenvalue weighted by Gasteiger charge is 2.31. The fourth-order valence-corrected chi connectivity index (χ4v) is 6.02. The molecule has 1 atom stereocenters. The van der Waals surface area contributed by atoms with Gasteiger partial charge in [-0.2, -0.15) is 0 Å². The molecule has 0 amide bonds. The molecule has 4 rings (SSSR count). The van der Waals surface area contributed by atoms with Crippen LogP contribution < -0.4 is 0 Å². The quantitative estimate of drug-likeness (QED) is 0.317. The summed E-state index contributed by atoms with van der Waals surface area (Å²) in [5, 5.41) is 2.15. The van der Waals surface area contributed by atoms with Crippen LogP contribution in [0, 0.1) is 11.3 Å². The lowest BCUT2D eigenvalue weighted by molar-refractivity contribution is 0.102. The second-order valence-electron chi connectivity index (χ2n) is 8.25. The van der Waals surface area contributed by atoms with Gasteiger partial charge >= 0.3 is 0 Å². The summed E-state index contributed by atoms with van der Waals surface area (Å²) in [6, 6.07) is 9.48. The maximum absolute atomic E-state index is 12.5. The number of carbonyl (C=O) groups is 1. The molecule has 0 N–H and O–H groups in total. The SMILES string of the molecule is CC(C)(C)C1CCc2c(sc3ncnc(SCC(=O)c4ccccc4)c23)C1. The van der Waals surface area contributed by atoms with Crippen molar-refractivity contribution in [3.63, 3.8) is 0 Å². The Labute approximate surface area is 168 Å². The molecule has 0 aliphatic heterocycles. The molecule has 3 aromatic rings. The van der Waals surface area contributed by atoms with Crippen molar-refractivity contribution >= 4 is 39.1 Å². The van der Waals surface area contributed by atoms with Gasteiger partial charge in [-0.3, -0.25) is 4.79 Å². The van der Waals surface area contributed by atoms with Gasteiger partial charge in [0.2, 0.25) is 0 Å². The Hall–Kier alpha value is -1.72. The van der Waals surface area contributed by atoms with E-state index in [1.165, 1.54) is 22.2 Å². The highest BCUT2D eigenvalue weighted by molar-refractivity contribution is 8.00. The summed E-state index contributed by atoms with van der Waals surface area (Å²) in [6.45, 7) is 7.02. The van der Waals surface area contributed by atoms with Crippen molar-refractivity contribution in [2.75, 3.05) is 5.75 Å². The third-order valence-corrected chi connectivity index (χ3v) is 7.62. The molecule has 27 heavy (non-hydrogen) atoms. The van der Waals surface area contributed by atoms with Gasteiger partial charge in [0.05, 0.1) is 5.75 Å². The lowest BCUT2D eigenvalue weighted by atomic mass is 9.72. The van der Waals surface area contributed by atoms with Gasteiger partial charge in [0.15, 0.2) is 5.78 Å². The van der Waals surface area contributed by atoms with Gasteiger partial charge in [-0.25, -0.2) is 9.97 Å². The standard InChI is InChI=1S/C22H24N2OS2/c1-22(2,3)15-9-10-16-18(11-15)27-21-19(16)20(23-13-24-21)26-12-17(25)14-7-5-4-6-8-14/h4-8,13,15H,9-12H2,1-3H3. The Balaban J connectivity index is 1.60. The summed E-state index contributed by atoms with van der Waals surface area (Å²) in [7, 11) is 0. The zero-order valence-electron chi connectivity index (χ0n) is 16.0. The molecule has 0 spiro atoms. The van der Waals surface area contributed by atoms with E-state index in [1.54, 1.807) is 18.1 Å². The van der Waals surface area contributed by atoms with Crippen molar-refractivity contribution in [2.45, 2.75) is 45.1 Å². The summed E-state index contributed by atoms with van der Waals surface area (Å²) < 4.78 is 0. The van der Waals surface area contributed by atoms with E-state index >= 15 is 0 Å². The minimum atomic E-state index is 0.143. The van der Waals surface area contributed by atoms with Crippen LogP contribution in [0.2, 0.25) is 0 Å². The number of nitrogens with zero attached hydrogens (tertiary/aromatic N) is 2. The second kappa shape index (κ2) is 7.36. The van der Waals surface area contributed by atoms with E-state index in [4.69, 9.17) is 0 Å². The first-order valence-corrected chi connectivity index (χ1v) is 11.2. The molecule has 2 heterocycles. The van der Waals surface area contributed by atoms with Gasteiger partial charge in [-0.05, 0) is 36.2 Å². The minimum Gasteiger partial charge on any atom is -0.293 e. The number of fused-ring (bicyclic) bond motifs is 3. The normalized spacial score (nSPS) is 17.1. The number of hydrogen-bond acceptors (Lipinski definition) is 5. The molecule has 0 saturated carbocycles. The Morgan fingerprint density at radius 1 is 1.22 bits per heavy atom. The molecule has 1 aromatic carbocycles. The van der Waals surface area contributed by atoms with E-state index < -0.39 is 0 Å². The number of hydrogen-bond donors (Lipinski definition) is 0. The first-order chi connectivity index (χ1) is 12.9. The molecule has 1 unspecified atom stereocenters. The first kappa shape index (κ1) is 18.6. The molecule has 5 heteroatoms. The van der Waals surface area contributed by atoms with E-state index in [-0.39, 0.29) is 5.78 Å². The van der Waals surface area contributed by atoms with Crippen LogP contribution in [0.4, 0.5) is 0 Å². The minimum absolute atomic E-state index is 0.143. The summed E-state index contributed by atoms with van der Waals surface area (Å²) >= 11 is 3.36. The van der Waals surface area contributed by atoms with E-state index in [2.05, 4.69) is 30.7 Å². The van der Waals surface area contributed by atoms with E-state index in [0.717, 1.165) is 28.3 Å². The molecular weight excluding hydrogens is 372 g/mol. The Morgan fingerprint density at radius 2 is 2.00 bits per heavy atom. The van der Waals surface area contributed by atoms with E-state index in [9.17, 15) is 4.79 Å². The van der Waals surface area contributed by atoms with Crippen molar-refractivity contribution in [1.82, 2.24) is 9.97 Å². The predicted molar refractivity (Wildman–Crippen MR) is 114 cm³/mol. The molecule has 140 valence electrons.